The van der Waals surface area contributed by atoms with Crippen LogP contribution in [0.4, 0.5) is 0 Å². The van der Waals surface area contributed by atoms with Gasteiger partial charge >= 0.3 is 5.97 Å². The molecule has 2 aliphatic heterocycles. The number of rotatable bonds is 2. The zero-order chi connectivity index (χ0) is 9.22. The van der Waals surface area contributed by atoms with Crippen LogP contribution < -0.4 is 0 Å². The van der Waals surface area contributed by atoms with Crippen LogP contribution in [-0.4, -0.2) is 30.1 Å². The van der Waals surface area contributed by atoms with E-state index in [1.807, 2.05) is 0 Å². The van der Waals surface area contributed by atoms with Crippen molar-refractivity contribution >= 4 is 11.8 Å². The van der Waals surface area contributed by atoms with Crippen LogP contribution in [0, 0.1) is 11.8 Å². The molecule has 2 aliphatic carbocycles. The molecule has 0 aromatic carbocycles. The number of ketones is 1. The molecule has 2 saturated carbocycles. The van der Waals surface area contributed by atoms with Gasteiger partial charge in [0.15, 0.2) is 5.78 Å². The van der Waals surface area contributed by atoms with E-state index in [2.05, 4.69) is 0 Å². The molecule has 4 unspecified atom stereocenters. The van der Waals surface area contributed by atoms with Crippen LogP contribution >= 0.6 is 0 Å². The van der Waals surface area contributed by atoms with Crippen LogP contribution in [0.2, 0.25) is 0 Å². The summed E-state index contributed by atoms with van der Waals surface area (Å²) in [6.45, 7) is 2.13. The fraction of sp³-hybridized carbons (Fsp3) is 0.778. The van der Waals surface area contributed by atoms with Crippen molar-refractivity contribution in [3.63, 3.8) is 0 Å². The number of hydrogen-bond donors (Lipinski definition) is 0. The molecule has 1 spiro atoms. The first-order valence-electron chi connectivity index (χ1n) is 4.60. The summed E-state index contributed by atoms with van der Waals surface area (Å²) in [5, 5.41) is 0. The normalized spacial score (nSPS) is 49.6. The van der Waals surface area contributed by atoms with Crippen molar-refractivity contribution in [2.75, 3.05) is 6.61 Å². The zero-order valence-corrected chi connectivity index (χ0v) is 7.28. The summed E-state index contributed by atoms with van der Waals surface area (Å²) in [4.78, 5) is 22.7. The van der Waals surface area contributed by atoms with Crippen molar-refractivity contribution in [3.05, 3.63) is 0 Å². The van der Waals surface area contributed by atoms with Crippen molar-refractivity contribution in [3.8, 4) is 0 Å². The first kappa shape index (κ1) is 7.50. The molecule has 0 aromatic rings. The van der Waals surface area contributed by atoms with Gasteiger partial charge < -0.3 is 9.47 Å². The Kier molecular flexibility index (Phi) is 1.12. The summed E-state index contributed by atoms with van der Waals surface area (Å²) < 4.78 is 10.2. The topological polar surface area (TPSA) is 52.6 Å². The average Bonchev–Trinajstić information content (AvgIpc) is 2.51. The third kappa shape index (κ3) is 0.601. The Morgan fingerprint density at radius 1 is 1.77 bits per heavy atom. The summed E-state index contributed by atoms with van der Waals surface area (Å²) in [7, 11) is 0. The molecular weight excluding hydrogens is 172 g/mol. The van der Waals surface area contributed by atoms with E-state index in [-0.39, 0.29) is 29.7 Å². The third-order valence-corrected chi connectivity index (χ3v) is 3.33. The zero-order valence-electron chi connectivity index (χ0n) is 7.28. The lowest BCUT2D eigenvalue weighted by Crippen LogP contribution is -2.50. The summed E-state index contributed by atoms with van der Waals surface area (Å²) in [6.07, 6.45) is 0.526. The van der Waals surface area contributed by atoms with Gasteiger partial charge in [0.25, 0.3) is 0 Å². The van der Waals surface area contributed by atoms with Gasteiger partial charge in [-0.3, -0.25) is 9.59 Å². The van der Waals surface area contributed by atoms with E-state index in [1.165, 1.54) is 0 Å². The van der Waals surface area contributed by atoms with E-state index in [0.717, 1.165) is 6.42 Å². The van der Waals surface area contributed by atoms with Crippen LogP contribution in [0.15, 0.2) is 0 Å². The summed E-state index contributed by atoms with van der Waals surface area (Å²) in [5.41, 5.74) is -0.711. The third-order valence-electron chi connectivity index (χ3n) is 3.33. The highest BCUT2D eigenvalue weighted by atomic mass is 16.6. The van der Waals surface area contributed by atoms with Crippen molar-refractivity contribution in [1.82, 2.24) is 0 Å². The van der Waals surface area contributed by atoms with E-state index in [9.17, 15) is 9.59 Å². The number of hydrogen-bond acceptors (Lipinski definition) is 4. The van der Waals surface area contributed by atoms with Gasteiger partial charge in [-0.15, -0.1) is 0 Å². The first-order valence-corrected chi connectivity index (χ1v) is 4.60. The van der Waals surface area contributed by atoms with Crippen molar-refractivity contribution < 1.29 is 19.1 Å². The largest absolute Gasteiger partial charge is 0.466 e. The lowest BCUT2D eigenvalue weighted by molar-refractivity contribution is -0.177. The molecule has 2 heterocycles. The Labute approximate surface area is 75.2 Å². The molecule has 0 radical (unpaired) electrons. The molecule has 70 valence electrons. The highest BCUT2D eigenvalue weighted by Crippen LogP contribution is 2.70. The number of carbonyl (C=O) groups is 2. The summed E-state index contributed by atoms with van der Waals surface area (Å²) in [6, 6.07) is 0. The second-order valence-corrected chi connectivity index (χ2v) is 3.84. The fourth-order valence-electron chi connectivity index (χ4n) is 2.74. The van der Waals surface area contributed by atoms with Crippen LogP contribution in [-0.2, 0) is 19.1 Å². The maximum absolute atomic E-state index is 11.4. The predicted molar refractivity (Wildman–Crippen MR) is 40.8 cm³/mol. The highest BCUT2D eigenvalue weighted by Gasteiger charge is 2.87. The van der Waals surface area contributed by atoms with Gasteiger partial charge in [-0.25, -0.2) is 0 Å². The average molecular weight is 182 g/mol. The molecule has 4 fully saturated rings. The van der Waals surface area contributed by atoms with Crippen LogP contribution in [0.25, 0.3) is 0 Å². The maximum Gasteiger partial charge on any atom is 0.312 e. The Bertz CT molecular complexity index is 309. The van der Waals surface area contributed by atoms with E-state index in [4.69, 9.17) is 9.47 Å². The van der Waals surface area contributed by atoms with Gasteiger partial charge in [-0.1, -0.05) is 0 Å². The molecule has 4 aliphatic rings. The predicted octanol–water partition coefficient (Wildman–Crippen LogP) is -0.0941. The van der Waals surface area contributed by atoms with Gasteiger partial charge in [0.2, 0.25) is 0 Å². The van der Waals surface area contributed by atoms with Crippen LogP contribution in [0.5, 0.6) is 0 Å². The Morgan fingerprint density at radius 3 is 3.00 bits per heavy atom. The molecule has 2 saturated heterocycles. The van der Waals surface area contributed by atoms with Crippen molar-refractivity contribution in [2.45, 2.75) is 25.0 Å². The summed E-state index contributed by atoms with van der Waals surface area (Å²) >= 11 is 0. The standard InChI is InChI=1S/C9H10O4/c1-2-12-8(11)6-4-3-5-7(10)9(4,6)13-5/h4-6H,2-3H2,1H3. The molecule has 0 N–H and O–H groups in total. The minimum Gasteiger partial charge on any atom is -0.466 e. The number of Topliss-reactive ketones (excluding diaryl/α,β-unsaturated/α-hetero) is 1. The Morgan fingerprint density at radius 2 is 2.54 bits per heavy atom. The molecule has 13 heavy (non-hydrogen) atoms. The van der Waals surface area contributed by atoms with Gasteiger partial charge in [0.05, 0.1) is 12.5 Å². The maximum atomic E-state index is 11.4. The molecule has 4 nitrogen and oxygen atoms in total. The molecule has 0 aromatic heterocycles. The molecule has 4 heteroatoms. The van der Waals surface area contributed by atoms with Gasteiger partial charge in [0, 0.05) is 5.92 Å². The van der Waals surface area contributed by atoms with Gasteiger partial charge in [0.1, 0.15) is 11.7 Å². The quantitative estimate of drug-likeness (QED) is 0.560. The van der Waals surface area contributed by atoms with Crippen LogP contribution in [0.3, 0.4) is 0 Å². The monoisotopic (exact) mass is 182 g/mol. The van der Waals surface area contributed by atoms with Gasteiger partial charge in [-0.2, -0.15) is 0 Å². The molecule has 2 bridgehead atoms. The van der Waals surface area contributed by atoms with Crippen molar-refractivity contribution in [1.29, 1.82) is 0 Å². The first-order chi connectivity index (χ1) is 6.21. The van der Waals surface area contributed by atoms with E-state index >= 15 is 0 Å². The van der Waals surface area contributed by atoms with E-state index < -0.39 is 5.60 Å². The lowest BCUT2D eigenvalue weighted by atomic mass is 10.0. The minimum absolute atomic E-state index is 0.121. The Hall–Kier alpha value is -0.900. The van der Waals surface area contributed by atoms with E-state index in [0.29, 0.717) is 6.61 Å². The van der Waals surface area contributed by atoms with Crippen LogP contribution in [0.1, 0.15) is 13.3 Å². The molecule has 4 atom stereocenters. The minimum atomic E-state index is -0.711. The smallest absolute Gasteiger partial charge is 0.312 e. The fourth-order valence-corrected chi connectivity index (χ4v) is 2.74. The molecule has 4 rings (SSSR count). The lowest BCUT2D eigenvalue weighted by Gasteiger charge is -2.29. The SMILES string of the molecule is CCOC(=O)C1C2CC3OC21C3=O. The number of ether oxygens (including phenoxy) is 2. The second kappa shape index (κ2) is 1.95. The van der Waals surface area contributed by atoms with Gasteiger partial charge in [-0.05, 0) is 13.3 Å². The summed E-state index contributed by atoms with van der Waals surface area (Å²) in [5.74, 6) is -0.302. The number of carbonyl (C=O) groups excluding carboxylic acids is 2. The molecular formula is C9H10O4. The second-order valence-electron chi connectivity index (χ2n) is 3.84. The Balaban J connectivity index is 1.79. The van der Waals surface area contributed by atoms with E-state index in [1.54, 1.807) is 6.92 Å². The number of esters is 1. The molecule has 0 amide bonds. The van der Waals surface area contributed by atoms with Crippen molar-refractivity contribution in [2.24, 2.45) is 11.8 Å². The highest BCUT2D eigenvalue weighted by molar-refractivity contribution is 6.08.